The number of alkyl halides is 1. The first-order valence-corrected chi connectivity index (χ1v) is 48.7. The average Bonchev–Trinajstić information content (AvgIpc) is 1.66. The summed E-state index contributed by atoms with van der Waals surface area (Å²) in [6, 6.07) is 18.8. The number of halogens is 7. The number of piperazine rings is 4. The molecule has 4 aliphatic rings. The first kappa shape index (κ1) is 103. The number of anilines is 5. The Labute approximate surface area is 848 Å². The fraction of sp³-hybridized carbons (Fsp3) is 0.386. The molecule has 4 amide bonds. The summed E-state index contributed by atoms with van der Waals surface area (Å²) in [6.45, 7) is 29.8. The lowest BCUT2D eigenvalue weighted by atomic mass is 10.0. The fourth-order valence-corrected chi connectivity index (χ4v) is 19.8. The molecule has 3 aromatic carbocycles. The van der Waals surface area contributed by atoms with E-state index in [2.05, 4.69) is 93.9 Å². The molecule has 0 unspecified atom stereocenters. The van der Waals surface area contributed by atoms with E-state index in [4.69, 9.17) is 128 Å². The van der Waals surface area contributed by atoms with Crippen LogP contribution in [0.3, 0.4) is 0 Å². The van der Waals surface area contributed by atoms with Crippen LogP contribution in [-0.4, -0.2) is 323 Å². The van der Waals surface area contributed by atoms with Gasteiger partial charge in [-0.25, -0.2) is 39.3 Å². The van der Waals surface area contributed by atoms with Gasteiger partial charge in [-0.2, -0.15) is 4.98 Å². The van der Waals surface area contributed by atoms with Crippen LogP contribution < -0.4 is 49.3 Å². The fourth-order valence-electron chi connectivity index (χ4n) is 17.7. The number of benzene rings is 3. The van der Waals surface area contributed by atoms with Crippen LogP contribution in [0.5, 0.6) is 34.5 Å². The van der Waals surface area contributed by atoms with Crippen LogP contribution in [0.4, 0.5) is 33.5 Å². The molecule has 14 heterocycles. The Bertz CT molecular complexity index is 6720. The van der Waals surface area contributed by atoms with Gasteiger partial charge in [0.1, 0.15) is 74.6 Å². The van der Waals surface area contributed by atoms with Crippen molar-refractivity contribution in [2.24, 2.45) is 0 Å². The molecule has 10 aromatic heterocycles. The van der Waals surface area contributed by atoms with Crippen molar-refractivity contribution < 1.29 is 52.0 Å². The van der Waals surface area contributed by atoms with Crippen molar-refractivity contribution in [1.82, 2.24) is 92.3 Å². The van der Waals surface area contributed by atoms with Crippen molar-refractivity contribution in [2.45, 2.75) is 58.0 Å². The minimum absolute atomic E-state index is 0.00909. The van der Waals surface area contributed by atoms with Crippen LogP contribution in [0, 0.1) is 0 Å². The molecule has 40 heteroatoms. The van der Waals surface area contributed by atoms with Crippen molar-refractivity contribution in [3.63, 3.8) is 0 Å². The number of hydrogen-bond donors (Lipinski definition) is 3. The molecule has 33 nitrogen and oxygen atoms in total. The second-order valence-corrected chi connectivity index (χ2v) is 37.8. The molecule has 0 saturated carbocycles. The normalized spacial score (nSPS) is 14.6. The molecule has 3 N–H and O–H groups in total. The van der Waals surface area contributed by atoms with Gasteiger partial charge in [0.15, 0.2) is 5.65 Å². The van der Waals surface area contributed by atoms with E-state index in [9.17, 15) is 23.6 Å². The number of aromatic nitrogens is 11. The van der Waals surface area contributed by atoms with Crippen LogP contribution in [0.1, 0.15) is 50.2 Å². The number of aryl methyl sites for hydroxylation is 3. The van der Waals surface area contributed by atoms with E-state index in [0.717, 1.165) is 167 Å². The molecule has 0 spiro atoms. The maximum absolute atomic E-state index is 14.2. The van der Waals surface area contributed by atoms with Gasteiger partial charge in [0.2, 0.25) is 29.6 Å². The molecule has 0 radical (unpaired) electrons. The van der Waals surface area contributed by atoms with Crippen LogP contribution in [0.15, 0.2) is 142 Å². The van der Waals surface area contributed by atoms with Gasteiger partial charge < -0.3 is 73.8 Å². The highest BCUT2D eigenvalue weighted by molar-refractivity contribution is 6.43. The van der Waals surface area contributed by atoms with Gasteiger partial charge in [-0.1, -0.05) is 89.3 Å². The highest BCUT2D eigenvalue weighted by atomic mass is 35.5. The van der Waals surface area contributed by atoms with Gasteiger partial charge in [0, 0.05) is 236 Å². The van der Waals surface area contributed by atoms with Gasteiger partial charge >= 0.3 is 0 Å². The van der Waals surface area contributed by atoms with Gasteiger partial charge in [0.05, 0.1) is 126 Å². The number of nitrogens with one attached hydrogen (secondary N) is 3. The number of hydrogen-bond acceptors (Lipinski definition) is 26. The molecule has 744 valence electrons. The number of fused-ring (bicyclic) bond motifs is 9. The summed E-state index contributed by atoms with van der Waals surface area (Å²) in [6.07, 6.45) is 22.2. The van der Waals surface area contributed by atoms with E-state index in [1.807, 2.05) is 84.7 Å². The molecule has 13 aromatic rings. The molecule has 4 fully saturated rings. The molecular formula is C101H116Cl6FN23O10. The van der Waals surface area contributed by atoms with E-state index < -0.39 is 5.67 Å². The minimum atomic E-state index is -1.44. The number of carbonyl (C=O) groups is 4. The van der Waals surface area contributed by atoms with Gasteiger partial charge in [-0.05, 0) is 128 Å². The van der Waals surface area contributed by atoms with Crippen molar-refractivity contribution in [3.8, 4) is 67.9 Å². The molecule has 17 rings (SSSR count). The summed E-state index contributed by atoms with van der Waals surface area (Å²) < 4.78 is 53.5. The monoisotopic (exact) mass is 2040 g/mol. The SMILES string of the molecule is C=CC(=O)N1CCN(CCCc2cn3c(n2)c(-c2c(Cl)c(OC)cc(OC)c2Cl)cc2cnc(NCC(=O)N(C)C)cc23)CC1.C=CC(=O)N1CCN(CCCc2cn3c(n2)c(-c2c(Cl)c(OC)cc(OC)c2Cl)cc2cnc(NCC(C)(C)F)nc23)CC1.C=CC(=O)N1CCN(CCCc2cn3c(n2)c(-c2c(Cl)c(OC)cc(OC)c2Cl)cc2cnc(Nc4ccc(N5CCN(C)CC5)cn4)cc23)CC1. The zero-order valence-electron chi connectivity index (χ0n) is 80.9. The lowest BCUT2D eigenvalue weighted by Crippen LogP contribution is -2.48. The van der Waals surface area contributed by atoms with Gasteiger partial charge in [-0.3, -0.25) is 47.1 Å². The van der Waals surface area contributed by atoms with Crippen LogP contribution in [-0.2, 0) is 38.4 Å². The quantitative estimate of drug-likeness (QED) is 0.0322. The Morgan fingerprint density at radius 1 is 0.433 bits per heavy atom. The third kappa shape index (κ3) is 23.7. The second-order valence-electron chi connectivity index (χ2n) is 35.5. The lowest BCUT2D eigenvalue weighted by Gasteiger charge is -2.34. The molecular weight excluding hydrogens is 1930 g/mol. The summed E-state index contributed by atoms with van der Waals surface area (Å²) in [7, 11) is 14.8. The molecule has 0 atom stereocenters. The molecule has 141 heavy (non-hydrogen) atoms. The largest absolute Gasteiger partial charge is 0.495 e. The Morgan fingerprint density at radius 2 is 0.794 bits per heavy atom. The number of methoxy groups -OCH3 is 6. The Kier molecular flexibility index (Phi) is 33.7. The van der Waals surface area contributed by atoms with Crippen LogP contribution in [0.25, 0.3) is 83.2 Å². The van der Waals surface area contributed by atoms with Crippen molar-refractivity contribution in [2.75, 3.05) is 222 Å². The topological polar surface area (TPSA) is 305 Å². The maximum Gasteiger partial charge on any atom is 0.246 e. The number of nitrogens with zero attached hydrogens (tertiary/aromatic N) is 20. The second kappa shape index (κ2) is 46.1. The summed E-state index contributed by atoms with van der Waals surface area (Å²) in [5.74, 6) is 4.69. The highest BCUT2D eigenvalue weighted by Gasteiger charge is 2.31. The summed E-state index contributed by atoms with van der Waals surface area (Å²) >= 11 is 41.3. The first-order valence-electron chi connectivity index (χ1n) is 46.5. The molecule has 4 aliphatic heterocycles. The van der Waals surface area contributed by atoms with E-state index in [1.165, 1.54) is 51.2 Å². The smallest absolute Gasteiger partial charge is 0.246 e. The van der Waals surface area contributed by atoms with E-state index in [1.54, 1.807) is 73.1 Å². The number of imidazole rings is 3. The number of carbonyl (C=O) groups excluding carboxylic acids is 4. The average molecular weight is 2040 g/mol. The first-order chi connectivity index (χ1) is 67.9. The lowest BCUT2D eigenvalue weighted by molar-refractivity contribution is -0.128. The van der Waals surface area contributed by atoms with Crippen LogP contribution in [0.2, 0.25) is 30.1 Å². The van der Waals surface area contributed by atoms with E-state index in [0.29, 0.717) is 190 Å². The zero-order chi connectivity index (χ0) is 100. The summed E-state index contributed by atoms with van der Waals surface area (Å²) in [5, 5.41) is 14.0. The predicted octanol–water partition coefficient (Wildman–Crippen LogP) is 16.4. The van der Waals surface area contributed by atoms with Crippen LogP contribution >= 0.6 is 69.6 Å². The summed E-state index contributed by atoms with van der Waals surface area (Å²) in [4.78, 5) is 105. The highest BCUT2D eigenvalue weighted by Crippen LogP contribution is 2.52. The van der Waals surface area contributed by atoms with E-state index in [-0.39, 0.29) is 36.7 Å². The van der Waals surface area contributed by atoms with Crippen molar-refractivity contribution in [3.05, 3.63) is 189 Å². The van der Waals surface area contributed by atoms with Crippen molar-refractivity contribution in [1.29, 1.82) is 0 Å². The zero-order valence-corrected chi connectivity index (χ0v) is 85.5. The number of pyridine rings is 6. The predicted molar refractivity (Wildman–Crippen MR) is 558 cm³/mol. The van der Waals surface area contributed by atoms with Crippen molar-refractivity contribution >= 4 is 172 Å². The number of ether oxygens (including phenoxy) is 6. The number of amides is 4. The Balaban J connectivity index is 0.000000161. The Morgan fingerprint density at radius 3 is 1.16 bits per heavy atom. The van der Waals surface area contributed by atoms with Gasteiger partial charge in [0.25, 0.3) is 0 Å². The standard InChI is InChI=1S/C38H43Cl2N9O3.C32H37Cl2N7O4.C31H36Cl2FN7O3/c1-5-34(50)48-17-13-46(14-18-48)10-6-7-26-24-49-29-20-33(44-32-9-8-27(23-42-32)47-15-11-45(2)12-16-47)41-22-25(29)19-28(38(49)43-26)35-36(39)30(51-3)21-31(52-4)37(35)40;1-6-27(42)40-12-10-39(11-13-40)9-7-8-21-19-41-23-15-26(36-18-28(43)38(2)3)35-17-20(23)14-22(32(41)37-21)29-30(33)24(44-4)16-25(45-5)31(29)34;1-6-24(42)40-12-10-39(11-13-40)9-7-8-20-17-41-28-19(16-35-30(38-28)36-18-31(2,3)34)14-21(29(41)37-20)25-26(32)22(43-4)15-23(44-5)27(25)33/h5,8-9,19-24H,1,6-7,10-18H2,2-4H3,(H,41,42,44);6,14-17,19H,1,7-13,18H2,2-5H3,(H,35,36);6,14-17H,1,7-13,18H2,2-5H3,(H,35,36,38). The Hall–Kier alpha value is -12.4. The minimum Gasteiger partial charge on any atom is -0.495 e. The number of rotatable bonds is 33. The third-order valence-corrected chi connectivity index (χ3v) is 27.8. The third-order valence-electron chi connectivity index (χ3n) is 25.5. The van der Waals surface area contributed by atoms with Gasteiger partial charge in [-0.15, -0.1) is 0 Å². The molecule has 0 aliphatic carbocycles. The number of likely N-dealkylation sites (N-methyl/N-ethyl adjacent to an activating group) is 2. The maximum atomic E-state index is 14.2. The van der Waals surface area contributed by atoms with E-state index >= 15 is 0 Å². The molecule has 4 saturated heterocycles. The molecule has 0 bridgehead atoms. The summed E-state index contributed by atoms with van der Waals surface area (Å²) in [5.41, 5.74) is 10.4.